The molecule has 0 fully saturated rings. The van der Waals surface area contributed by atoms with E-state index in [1.807, 2.05) is 11.8 Å². The average molecular weight is 415 g/mol. The van der Waals surface area contributed by atoms with Crippen LogP contribution in [0.15, 0.2) is 16.8 Å². The van der Waals surface area contributed by atoms with Gasteiger partial charge >= 0.3 is 0 Å². The van der Waals surface area contributed by atoms with E-state index < -0.39 is 6.04 Å². The lowest BCUT2D eigenvalue weighted by atomic mass is 10.1. The van der Waals surface area contributed by atoms with E-state index >= 15 is 0 Å². The number of amides is 2. The van der Waals surface area contributed by atoms with Gasteiger partial charge in [-0.3, -0.25) is 9.59 Å². The zero-order valence-electron chi connectivity index (χ0n) is 14.6. The van der Waals surface area contributed by atoms with Crippen LogP contribution in [-0.4, -0.2) is 34.3 Å². The molecule has 1 unspecified atom stereocenters. The molecule has 1 atom stereocenters. The van der Waals surface area contributed by atoms with Gasteiger partial charge < -0.3 is 16.0 Å². The fourth-order valence-corrected chi connectivity index (χ4v) is 4.49. The number of nitrogens with zero attached hydrogens (tertiary/aromatic N) is 2. The summed E-state index contributed by atoms with van der Waals surface area (Å²) in [6.07, 6.45) is 2.32. The summed E-state index contributed by atoms with van der Waals surface area (Å²) in [6, 6.07) is 1.57. The van der Waals surface area contributed by atoms with Crippen LogP contribution < -0.4 is 11.1 Å². The molecule has 0 bridgehead atoms. The Morgan fingerprint density at radius 2 is 2.23 bits per heavy atom. The summed E-state index contributed by atoms with van der Waals surface area (Å²) in [4.78, 5) is 32.8. The number of aromatic nitrogens is 1. The van der Waals surface area contributed by atoms with Crippen LogP contribution >= 0.6 is 35.1 Å². The number of fused-ring (bicyclic) bond motifs is 1. The van der Waals surface area contributed by atoms with Gasteiger partial charge in [-0.25, -0.2) is 4.98 Å². The first-order valence-corrected chi connectivity index (χ1v) is 10.2. The lowest BCUT2D eigenvalue weighted by molar-refractivity contribution is -0.134. The second-order valence-corrected chi connectivity index (χ2v) is 7.97. The highest BCUT2D eigenvalue weighted by Gasteiger charge is 2.29. The van der Waals surface area contributed by atoms with Crippen LogP contribution in [0.2, 0.25) is 0 Å². The van der Waals surface area contributed by atoms with Gasteiger partial charge in [-0.15, -0.1) is 35.1 Å². The van der Waals surface area contributed by atoms with Gasteiger partial charge in [0.05, 0.1) is 0 Å². The maximum Gasteiger partial charge on any atom is 0.271 e. The van der Waals surface area contributed by atoms with Crippen LogP contribution in [0.5, 0.6) is 0 Å². The van der Waals surface area contributed by atoms with Crippen molar-refractivity contribution in [3.05, 3.63) is 38.0 Å². The highest BCUT2D eigenvalue weighted by atomic mass is 35.5. The lowest BCUT2D eigenvalue weighted by Gasteiger charge is -2.30. The minimum Gasteiger partial charge on any atom is -0.339 e. The van der Waals surface area contributed by atoms with Crippen LogP contribution in [0.3, 0.4) is 0 Å². The van der Waals surface area contributed by atoms with E-state index in [1.54, 1.807) is 16.7 Å². The standard InChI is InChI=1S/C17H22N4O2S2.ClH/c1-2-3-12(20-16(22)13-10-25-15(8-18)19-13)17(23)21-6-4-14-11(9-21)5-7-24-14;/h5,7,10,12H,2-4,6,8-9,18H2,1H3,(H,20,22);1H. The number of carbonyl (C=O) groups is 2. The zero-order valence-corrected chi connectivity index (χ0v) is 17.0. The monoisotopic (exact) mass is 414 g/mol. The molecule has 1 aliphatic heterocycles. The first kappa shape index (κ1) is 20.8. The summed E-state index contributed by atoms with van der Waals surface area (Å²) in [5.74, 6) is -0.322. The summed E-state index contributed by atoms with van der Waals surface area (Å²) in [6.45, 7) is 3.65. The number of hydrogen-bond donors (Lipinski definition) is 2. The quantitative estimate of drug-likeness (QED) is 0.760. The molecule has 3 rings (SSSR count). The number of nitrogens with two attached hydrogens (primary N) is 1. The van der Waals surface area contributed by atoms with Gasteiger partial charge in [0.1, 0.15) is 16.7 Å². The summed E-state index contributed by atoms with van der Waals surface area (Å²) in [7, 11) is 0. The van der Waals surface area contributed by atoms with Gasteiger partial charge in [0, 0.05) is 29.9 Å². The van der Waals surface area contributed by atoms with E-state index in [-0.39, 0.29) is 24.2 Å². The van der Waals surface area contributed by atoms with Crippen molar-refractivity contribution >= 4 is 46.9 Å². The minimum absolute atomic E-state index is 0. The summed E-state index contributed by atoms with van der Waals surface area (Å²) in [5.41, 5.74) is 7.10. The largest absolute Gasteiger partial charge is 0.339 e. The molecule has 3 N–H and O–H groups in total. The third kappa shape index (κ3) is 4.62. The van der Waals surface area contributed by atoms with Crippen LogP contribution in [0.25, 0.3) is 0 Å². The Morgan fingerprint density at radius 1 is 1.42 bits per heavy atom. The second kappa shape index (κ2) is 9.45. The number of halogens is 1. The van der Waals surface area contributed by atoms with Gasteiger partial charge in [-0.1, -0.05) is 13.3 Å². The summed E-state index contributed by atoms with van der Waals surface area (Å²) >= 11 is 3.10. The third-order valence-electron chi connectivity index (χ3n) is 4.26. The van der Waals surface area contributed by atoms with Crippen LogP contribution in [0.4, 0.5) is 0 Å². The van der Waals surface area contributed by atoms with E-state index in [2.05, 4.69) is 21.7 Å². The molecule has 2 aromatic heterocycles. The minimum atomic E-state index is -0.513. The van der Waals surface area contributed by atoms with Crippen molar-refractivity contribution in [2.75, 3.05) is 6.54 Å². The van der Waals surface area contributed by atoms with Crippen molar-refractivity contribution in [2.45, 2.75) is 45.3 Å². The van der Waals surface area contributed by atoms with Crippen molar-refractivity contribution in [3.63, 3.8) is 0 Å². The molecule has 0 spiro atoms. The molecule has 2 amide bonds. The van der Waals surface area contributed by atoms with E-state index in [9.17, 15) is 9.59 Å². The van der Waals surface area contributed by atoms with Crippen molar-refractivity contribution in [3.8, 4) is 0 Å². The normalized spacial score (nSPS) is 14.3. The Labute approximate surface area is 167 Å². The molecule has 2 aromatic rings. The predicted molar refractivity (Wildman–Crippen MR) is 107 cm³/mol. The molecule has 6 nitrogen and oxygen atoms in total. The number of thiophene rings is 1. The van der Waals surface area contributed by atoms with Crippen molar-refractivity contribution in [1.82, 2.24) is 15.2 Å². The van der Waals surface area contributed by atoms with Gasteiger partial charge in [-0.2, -0.15) is 0 Å². The SMILES string of the molecule is CCCC(NC(=O)c1csc(CN)n1)C(=O)N1CCc2sccc2C1.Cl. The fourth-order valence-electron chi connectivity index (χ4n) is 2.94. The maximum absolute atomic E-state index is 12.9. The maximum atomic E-state index is 12.9. The number of carbonyl (C=O) groups excluding carboxylic acids is 2. The summed E-state index contributed by atoms with van der Waals surface area (Å²) < 4.78 is 0. The number of thiazole rings is 1. The van der Waals surface area contributed by atoms with Crippen molar-refractivity contribution in [2.24, 2.45) is 5.73 Å². The topological polar surface area (TPSA) is 88.3 Å². The Hall–Kier alpha value is -1.48. The zero-order chi connectivity index (χ0) is 17.8. The molecule has 26 heavy (non-hydrogen) atoms. The molecule has 142 valence electrons. The Bertz CT molecular complexity index is 762. The molecular formula is C17H23ClN4O2S2. The Balaban J connectivity index is 0.00000243. The predicted octanol–water partition coefficient (Wildman–Crippen LogP) is 2.57. The van der Waals surface area contributed by atoms with Crippen LogP contribution in [-0.2, 0) is 24.3 Å². The first-order chi connectivity index (χ1) is 12.1. The van der Waals surface area contributed by atoms with Gasteiger partial charge in [0.25, 0.3) is 5.91 Å². The van der Waals surface area contributed by atoms with E-state index in [4.69, 9.17) is 5.73 Å². The first-order valence-electron chi connectivity index (χ1n) is 8.41. The smallest absolute Gasteiger partial charge is 0.271 e. The van der Waals surface area contributed by atoms with E-state index in [0.29, 0.717) is 36.8 Å². The van der Waals surface area contributed by atoms with Crippen LogP contribution in [0.1, 0.15) is 45.7 Å². The lowest BCUT2D eigenvalue weighted by Crippen LogP contribution is -2.49. The number of nitrogens with one attached hydrogen (secondary N) is 1. The molecular weight excluding hydrogens is 392 g/mol. The number of rotatable bonds is 6. The number of hydrogen-bond acceptors (Lipinski definition) is 6. The Kier molecular flexibility index (Phi) is 7.57. The van der Waals surface area contributed by atoms with Gasteiger partial charge in [-0.05, 0) is 29.9 Å². The van der Waals surface area contributed by atoms with Crippen molar-refractivity contribution in [1.29, 1.82) is 0 Å². The third-order valence-corrected chi connectivity index (χ3v) is 6.15. The van der Waals surface area contributed by atoms with E-state index in [1.165, 1.54) is 21.8 Å². The molecule has 9 heteroatoms. The van der Waals surface area contributed by atoms with E-state index in [0.717, 1.165) is 12.8 Å². The molecule has 0 saturated carbocycles. The molecule has 0 aliphatic carbocycles. The highest BCUT2D eigenvalue weighted by molar-refractivity contribution is 7.10. The van der Waals surface area contributed by atoms with Gasteiger partial charge in [0.2, 0.25) is 5.91 Å². The van der Waals surface area contributed by atoms with Crippen molar-refractivity contribution < 1.29 is 9.59 Å². The Morgan fingerprint density at radius 3 is 2.92 bits per heavy atom. The fraction of sp³-hybridized carbons (Fsp3) is 0.471. The molecule has 0 saturated heterocycles. The highest BCUT2D eigenvalue weighted by Crippen LogP contribution is 2.24. The second-order valence-electron chi connectivity index (χ2n) is 6.02. The van der Waals surface area contributed by atoms with Crippen LogP contribution in [0, 0.1) is 0 Å². The molecule has 0 radical (unpaired) electrons. The summed E-state index contributed by atoms with van der Waals surface area (Å²) in [5, 5.41) is 7.33. The molecule has 0 aromatic carbocycles. The average Bonchev–Trinajstić information content (AvgIpc) is 3.28. The molecule has 1 aliphatic rings. The molecule has 3 heterocycles. The van der Waals surface area contributed by atoms with Gasteiger partial charge in [0.15, 0.2) is 0 Å².